The Morgan fingerprint density at radius 1 is 0.980 bits per heavy atom. The number of ether oxygens (including phenoxy) is 1. The number of hydrogen-bond donors (Lipinski definition) is 2. The van der Waals surface area contributed by atoms with Crippen molar-refractivity contribution in [3.05, 3.63) is 22.7 Å². The number of aromatic nitrogens is 2. The third-order valence-corrected chi connectivity index (χ3v) is 16.7. The Morgan fingerprint density at radius 2 is 1.71 bits per heavy atom. The lowest BCUT2D eigenvalue weighted by Gasteiger charge is -2.73. The maximum absolute atomic E-state index is 13.6. The van der Waals surface area contributed by atoms with Crippen LogP contribution in [-0.4, -0.2) is 39.3 Å². The Balaban J connectivity index is 1.23. The molecule has 5 aliphatic rings. The van der Waals surface area contributed by atoms with Crippen LogP contribution >= 0.6 is 11.3 Å². The molecule has 0 aliphatic heterocycles. The molecule has 6 rings (SSSR count). The molecule has 0 saturated heterocycles. The molecule has 0 bridgehead atoms. The molecule has 8 nitrogen and oxygen atoms in total. The predicted octanol–water partition coefficient (Wildman–Crippen LogP) is 8.61. The lowest BCUT2D eigenvalue weighted by atomic mass is 9.32. The van der Waals surface area contributed by atoms with Crippen molar-refractivity contribution in [2.45, 2.75) is 145 Å². The molecule has 1 aromatic heterocycles. The minimum Gasteiger partial charge on any atom is -0.481 e. The maximum atomic E-state index is 13.6. The maximum Gasteiger partial charge on any atom is 0.309 e. The van der Waals surface area contributed by atoms with E-state index in [4.69, 9.17) is 4.74 Å². The predicted molar refractivity (Wildman–Crippen MR) is 191 cm³/mol. The van der Waals surface area contributed by atoms with Crippen LogP contribution in [-0.2, 0) is 25.7 Å². The summed E-state index contributed by atoms with van der Waals surface area (Å²) < 4.78 is 6.17. The number of carboxylic acid groups (broad SMARTS) is 1. The third kappa shape index (κ3) is 5.80. The Bertz CT molecular complexity index is 1470. The number of fused-ring (bicyclic) bond motifs is 7. The van der Waals surface area contributed by atoms with E-state index in [9.17, 15) is 19.5 Å². The van der Waals surface area contributed by atoms with Crippen LogP contribution in [0.4, 0.5) is 0 Å². The van der Waals surface area contributed by atoms with Gasteiger partial charge in [-0.15, -0.1) is 21.5 Å². The number of hydrogen-bond acceptors (Lipinski definition) is 7. The number of nitrogens with zero attached hydrogens (tertiary/aromatic N) is 2. The first kappa shape index (κ1) is 36.5. The highest BCUT2D eigenvalue weighted by Crippen LogP contribution is 2.78. The monoisotopic (exact) mass is 695 g/mol. The van der Waals surface area contributed by atoms with Crippen LogP contribution in [0.2, 0.25) is 0 Å². The number of rotatable bonds is 9. The van der Waals surface area contributed by atoms with Gasteiger partial charge < -0.3 is 15.2 Å². The van der Waals surface area contributed by atoms with Gasteiger partial charge in [0.25, 0.3) is 0 Å². The molecule has 272 valence electrons. The minimum absolute atomic E-state index is 0.0163. The average molecular weight is 696 g/mol. The zero-order valence-corrected chi connectivity index (χ0v) is 32.1. The van der Waals surface area contributed by atoms with E-state index in [-0.39, 0.29) is 45.5 Å². The largest absolute Gasteiger partial charge is 0.481 e. The number of carboxylic acids is 1. The molecule has 2 N–H and O–H groups in total. The van der Waals surface area contributed by atoms with E-state index in [1.54, 1.807) is 19.4 Å². The van der Waals surface area contributed by atoms with Crippen LogP contribution in [0.15, 0.2) is 17.7 Å². The van der Waals surface area contributed by atoms with Crippen LogP contribution in [0, 0.1) is 62.1 Å². The van der Waals surface area contributed by atoms with Crippen LogP contribution in [0.5, 0.6) is 0 Å². The molecule has 5 saturated carbocycles. The van der Waals surface area contributed by atoms with Crippen LogP contribution in [0.1, 0.15) is 137 Å². The van der Waals surface area contributed by atoms with Gasteiger partial charge in [0, 0.05) is 11.8 Å². The zero-order valence-electron chi connectivity index (χ0n) is 31.3. The lowest BCUT2D eigenvalue weighted by molar-refractivity contribution is -0.250. The fourth-order valence-corrected chi connectivity index (χ4v) is 13.7. The summed E-state index contributed by atoms with van der Waals surface area (Å²) in [7, 11) is 0. The van der Waals surface area contributed by atoms with Crippen LogP contribution in [0.3, 0.4) is 0 Å². The summed E-state index contributed by atoms with van der Waals surface area (Å²) in [5, 5.41) is 21.7. The van der Waals surface area contributed by atoms with Gasteiger partial charge in [0.1, 0.15) is 16.6 Å². The summed E-state index contributed by atoms with van der Waals surface area (Å²) in [4.78, 5) is 38.3. The molecular weight excluding hydrogens is 635 g/mol. The van der Waals surface area contributed by atoms with Crippen molar-refractivity contribution < 1.29 is 24.2 Å². The molecule has 9 heteroatoms. The molecule has 5 fully saturated rings. The third-order valence-electron chi connectivity index (χ3n) is 16.0. The number of nitrogens with one attached hydrogen (secondary N) is 1. The van der Waals surface area contributed by atoms with Gasteiger partial charge in [-0.05, 0) is 136 Å². The van der Waals surface area contributed by atoms with E-state index < -0.39 is 17.4 Å². The fourth-order valence-electron chi connectivity index (χ4n) is 13.2. The number of aliphatic carboxylic acids is 1. The summed E-state index contributed by atoms with van der Waals surface area (Å²) >= 11 is 1.48. The molecule has 5 aliphatic carbocycles. The van der Waals surface area contributed by atoms with Crippen LogP contribution in [0.25, 0.3) is 0 Å². The number of amides is 1. The average Bonchev–Trinajstić information content (AvgIpc) is 3.66. The Hall–Kier alpha value is -2.29. The standard InChI is InChI=1S/C40H61N3O5S/c1-24(2)25-12-17-40(20-30(44)41-22-31-43-42-23-49-31)19-18-38(8)26(33(25)40)10-11-28-37(7)15-14-29(48-32(45)21-35(3,4)34(46)47)36(5,6)27(37)13-16-39(28,38)9/h23,25-29,33H,1,10-22H2,2-9H3,(H,41,44)(H,46,47)/t25-,26+,27-,28+,29?,33+,37?,38+,39+,40+/m0/s1. The van der Waals surface area contributed by atoms with E-state index >= 15 is 0 Å². The first-order valence-electron chi connectivity index (χ1n) is 18.9. The molecule has 49 heavy (non-hydrogen) atoms. The van der Waals surface area contributed by atoms with Crippen molar-refractivity contribution in [3.8, 4) is 0 Å². The number of esters is 1. The summed E-state index contributed by atoms with van der Waals surface area (Å²) in [6.45, 7) is 22.8. The smallest absolute Gasteiger partial charge is 0.309 e. The van der Waals surface area contributed by atoms with Gasteiger partial charge >= 0.3 is 11.9 Å². The molecule has 2 unspecified atom stereocenters. The normalized spacial score (nSPS) is 41.0. The molecule has 10 atom stereocenters. The number of carbonyl (C=O) groups excluding carboxylic acids is 2. The van der Waals surface area contributed by atoms with E-state index in [0.717, 1.165) is 50.0 Å². The minimum atomic E-state index is -1.14. The second kappa shape index (κ2) is 12.4. The van der Waals surface area contributed by atoms with E-state index in [1.807, 2.05) is 0 Å². The molecule has 1 aromatic rings. The molecule has 0 spiro atoms. The van der Waals surface area contributed by atoms with Crippen LogP contribution < -0.4 is 5.32 Å². The second-order valence-electron chi connectivity index (χ2n) is 19.0. The Labute approximate surface area is 298 Å². The summed E-state index contributed by atoms with van der Waals surface area (Å²) in [6, 6.07) is 0. The van der Waals surface area contributed by atoms with Crippen molar-refractivity contribution in [3.63, 3.8) is 0 Å². The zero-order chi connectivity index (χ0) is 35.8. The Morgan fingerprint density at radius 3 is 2.37 bits per heavy atom. The lowest BCUT2D eigenvalue weighted by Crippen LogP contribution is -2.67. The van der Waals surface area contributed by atoms with Crippen molar-refractivity contribution in [1.82, 2.24) is 15.5 Å². The highest BCUT2D eigenvalue weighted by Gasteiger charge is 2.71. The quantitative estimate of drug-likeness (QED) is 0.196. The van der Waals surface area contributed by atoms with Crippen molar-refractivity contribution in [1.29, 1.82) is 0 Å². The highest BCUT2D eigenvalue weighted by atomic mass is 32.1. The summed E-state index contributed by atoms with van der Waals surface area (Å²) in [5.74, 6) is 1.27. The van der Waals surface area contributed by atoms with Crippen molar-refractivity contribution in [2.75, 3.05) is 0 Å². The molecular formula is C40H61N3O5S. The van der Waals surface area contributed by atoms with E-state index in [1.165, 1.54) is 36.2 Å². The van der Waals surface area contributed by atoms with Gasteiger partial charge in [0.15, 0.2) is 0 Å². The summed E-state index contributed by atoms with van der Waals surface area (Å²) in [5.41, 5.74) is 2.16. The van der Waals surface area contributed by atoms with Crippen molar-refractivity contribution >= 4 is 29.2 Å². The van der Waals surface area contributed by atoms with Crippen molar-refractivity contribution in [2.24, 2.45) is 62.1 Å². The molecule has 1 heterocycles. The number of carbonyl (C=O) groups is 3. The van der Waals surface area contributed by atoms with Gasteiger partial charge in [-0.2, -0.15) is 0 Å². The fraction of sp³-hybridized carbons (Fsp3) is 0.825. The van der Waals surface area contributed by atoms with E-state index in [2.05, 4.69) is 63.6 Å². The van der Waals surface area contributed by atoms with Gasteiger partial charge in [-0.1, -0.05) is 46.8 Å². The molecule has 0 radical (unpaired) electrons. The SMILES string of the molecule is C=C(C)[C@@H]1CC[C@]2(CC(=O)NCc3nncs3)CC[C@]3(C)[C@H](CC[C@@H]4C5(C)CCC(OC(=O)CC(C)(C)C(=O)O)C(C)(C)[C@@H]5CC[C@]43C)[C@@H]12. The van der Waals surface area contributed by atoms with E-state index in [0.29, 0.717) is 42.6 Å². The van der Waals surface area contributed by atoms with Gasteiger partial charge in [-0.25, -0.2) is 0 Å². The van der Waals surface area contributed by atoms with Gasteiger partial charge in [-0.3, -0.25) is 14.4 Å². The topological polar surface area (TPSA) is 118 Å². The second-order valence-corrected chi connectivity index (χ2v) is 20.0. The number of allylic oxidation sites excluding steroid dienone is 1. The Kier molecular flexibility index (Phi) is 9.26. The first-order valence-corrected chi connectivity index (χ1v) is 19.8. The van der Waals surface area contributed by atoms with Gasteiger partial charge in [0.05, 0.1) is 18.4 Å². The molecule has 1 amide bonds. The molecule has 0 aromatic carbocycles. The summed E-state index contributed by atoms with van der Waals surface area (Å²) in [6.07, 6.45) is 11.3. The highest BCUT2D eigenvalue weighted by molar-refractivity contribution is 7.09. The first-order chi connectivity index (χ1) is 22.8. The van der Waals surface area contributed by atoms with Gasteiger partial charge in [0.2, 0.25) is 5.91 Å².